The summed E-state index contributed by atoms with van der Waals surface area (Å²) >= 11 is 6.29. The smallest absolute Gasteiger partial charge is 0.303 e. The molecule has 4 nitrogen and oxygen atoms in total. The van der Waals surface area contributed by atoms with Gasteiger partial charge in [-0.1, -0.05) is 58.6 Å². The third-order valence-electron chi connectivity index (χ3n) is 4.14. The number of thioether (sulfide) groups is 1. The number of carboxylic acid groups (broad SMARTS) is 1. The van der Waals surface area contributed by atoms with E-state index in [9.17, 15) is 4.79 Å². The van der Waals surface area contributed by atoms with Crippen LogP contribution >= 0.6 is 24.0 Å². The average Bonchev–Trinajstić information content (AvgIpc) is 2.73. The Morgan fingerprint density at radius 2 is 2.00 bits per heavy atom. The van der Waals surface area contributed by atoms with Crippen LogP contribution in [0.5, 0.6) is 0 Å². The number of nitrogens with zero attached hydrogens (tertiary/aromatic N) is 1. The summed E-state index contributed by atoms with van der Waals surface area (Å²) in [6.45, 7) is 10.9. The fourth-order valence-electron chi connectivity index (χ4n) is 2.51. The van der Waals surface area contributed by atoms with Crippen molar-refractivity contribution in [2.75, 3.05) is 12.3 Å². The number of hydrogen-bond donors (Lipinski definition) is 1. The Morgan fingerprint density at radius 3 is 2.57 bits per heavy atom. The van der Waals surface area contributed by atoms with Crippen LogP contribution in [0.25, 0.3) is 0 Å². The highest BCUT2D eigenvalue weighted by Crippen LogP contribution is 2.27. The van der Waals surface area contributed by atoms with Crippen molar-refractivity contribution in [3.05, 3.63) is 24.8 Å². The van der Waals surface area contributed by atoms with Crippen molar-refractivity contribution in [3.8, 4) is 0 Å². The van der Waals surface area contributed by atoms with Gasteiger partial charge in [0.1, 0.15) is 5.44 Å². The van der Waals surface area contributed by atoms with E-state index in [0.29, 0.717) is 18.0 Å². The highest BCUT2D eigenvalue weighted by atomic mass is 32.2. The van der Waals surface area contributed by atoms with Crippen molar-refractivity contribution < 1.29 is 14.6 Å². The molecule has 6 heteroatoms. The Hall–Kier alpha value is -0.940. The Kier molecular flexibility index (Phi) is 27.2. The molecule has 0 amide bonds. The van der Waals surface area contributed by atoms with Crippen LogP contribution in [0.15, 0.2) is 29.8 Å². The van der Waals surface area contributed by atoms with Gasteiger partial charge < -0.3 is 9.84 Å². The third kappa shape index (κ3) is 25.1. The first-order valence-corrected chi connectivity index (χ1v) is 12.8. The zero-order valence-electron chi connectivity index (χ0n) is 19.3. The van der Waals surface area contributed by atoms with E-state index in [1.165, 1.54) is 37.9 Å². The van der Waals surface area contributed by atoms with E-state index in [2.05, 4.69) is 61.9 Å². The standard InChI is InChI=1S/C12H22OS.C6H9NS.C6H12O2/c1-3-5-6-8-12-13-11(7-4-2)9-10-14-12;1-2-3-4-5-7-6-8;1-2-3-4-5-6(7)8/h6,8,11-12H,3-5,7,9-10H2,1-2H3;2H,1,3-5H2;2-5H2,1H3,(H,7,8). The first-order valence-electron chi connectivity index (χ1n) is 11.4. The number of aliphatic imine (C=N–C) groups is 1. The van der Waals surface area contributed by atoms with E-state index in [0.717, 1.165) is 38.6 Å². The maximum Gasteiger partial charge on any atom is 0.303 e. The van der Waals surface area contributed by atoms with Crippen LogP contribution in [-0.4, -0.2) is 40.1 Å². The number of rotatable bonds is 13. The molecule has 0 radical (unpaired) electrons. The molecule has 2 atom stereocenters. The van der Waals surface area contributed by atoms with E-state index in [1.54, 1.807) is 0 Å². The molecular formula is C24H43NO3S2. The maximum absolute atomic E-state index is 9.87. The van der Waals surface area contributed by atoms with Crippen molar-refractivity contribution in [1.82, 2.24) is 0 Å². The van der Waals surface area contributed by atoms with Crippen molar-refractivity contribution in [3.63, 3.8) is 0 Å². The molecule has 0 aliphatic carbocycles. The number of hydrogen-bond acceptors (Lipinski definition) is 5. The number of unbranched alkanes of at least 4 members (excludes halogenated alkanes) is 4. The van der Waals surface area contributed by atoms with Gasteiger partial charge in [-0.3, -0.25) is 4.79 Å². The average molecular weight is 458 g/mol. The normalized spacial score (nSPS) is 17.7. The number of allylic oxidation sites excluding steroid dienone is 2. The zero-order valence-corrected chi connectivity index (χ0v) is 20.9. The van der Waals surface area contributed by atoms with Crippen LogP contribution in [0.4, 0.5) is 0 Å². The highest BCUT2D eigenvalue weighted by molar-refractivity contribution is 7.99. The fraction of sp³-hybridized carbons (Fsp3) is 0.750. The molecule has 0 aromatic heterocycles. The van der Waals surface area contributed by atoms with Gasteiger partial charge in [0.2, 0.25) is 0 Å². The Morgan fingerprint density at radius 1 is 1.23 bits per heavy atom. The Bertz CT molecular complexity index is 475. The van der Waals surface area contributed by atoms with E-state index in [4.69, 9.17) is 9.84 Å². The second-order valence-electron chi connectivity index (χ2n) is 7.05. The highest BCUT2D eigenvalue weighted by Gasteiger charge is 2.19. The zero-order chi connectivity index (χ0) is 22.9. The van der Waals surface area contributed by atoms with Gasteiger partial charge in [-0.2, -0.15) is 0 Å². The van der Waals surface area contributed by atoms with Crippen molar-refractivity contribution in [2.45, 2.75) is 103 Å². The molecule has 1 heterocycles. The van der Waals surface area contributed by atoms with Gasteiger partial charge in [-0.05, 0) is 62.6 Å². The summed E-state index contributed by atoms with van der Waals surface area (Å²) in [5.41, 5.74) is 0.326. The molecule has 0 bridgehead atoms. The minimum atomic E-state index is -0.682. The van der Waals surface area contributed by atoms with E-state index >= 15 is 0 Å². The predicted octanol–water partition coefficient (Wildman–Crippen LogP) is 7.70. The molecule has 174 valence electrons. The number of carboxylic acids is 1. The number of ether oxygens (including phenoxy) is 1. The lowest BCUT2D eigenvalue weighted by molar-refractivity contribution is -0.137. The fourth-order valence-corrected chi connectivity index (χ4v) is 3.69. The minimum Gasteiger partial charge on any atom is -0.481 e. The largest absolute Gasteiger partial charge is 0.481 e. The van der Waals surface area contributed by atoms with Crippen LogP contribution in [0.3, 0.4) is 0 Å². The summed E-state index contributed by atoms with van der Waals surface area (Å²) in [6.07, 6.45) is 18.3. The van der Waals surface area contributed by atoms with Crippen LogP contribution in [-0.2, 0) is 9.53 Å². The summed E-state index contributed by atoms with van der Waals surface area (Å²) in [6, 6.07) is 0. The van der Waals surface area contributed by atoms with E-state index < -0.39 is 5.97 Å². The number of isothiocyanates is 1. The predicted molar refractivity (Wildman–Crippen MR) is 136 cm³/mol. The van der Waals surface area contributed by atoms with Gasteiger partial charge in [-0.25, -0.2) is 4.99 Å². The molecule has 1 aliphatic rings. The van der Waals surface area contributed by atoms with E-state index in [1.807, 2.05) is 17.8 Å². The number of aliphatic carboxylic acids is 1. The number of carbonyl (C=O) groups is 1. The van der Waals surface area contributed by atoms with Gasteiger partial charge in [-0.15, -0.1) is 18.3 Å². The second-order valence-corrected chi connectivity index (χ2v) is 8.43. The molecule has 0 spiro atoms. The third-order valence-corrected chi connectivity index (χ3v) is 5.34. The first-order chi connectivity index (χ1) is 14.5. The quantitative estimate of drug-likeness (QED) is 0.133. The molecule has 0 aromatic carbocycles. The lowest BCUT2D eigenvalue weighted by Crippen LogP contribution is -2.24. The SMILES string of the molecule is C=CCCCN=C=S.CCCC=CC1OC(CCC)CCS1.CCCCCC(=O)O. The summed E-state index contributed by atoms with van der Waals surface area (Å²) in [5, 5.41) is 10.4. The molecule has 1 N–H and O–H groups in total. The summed E-state index contributed by atoms with van der Waals surface area (Å²) in [4.78, 5) is 13.6. The van der Waals surface area contributed by atoms with Gasteiger partial charge in [0.25, 0.3) is 0 Å². The van der Waals surface area contributed by atoms with Crippen LogP contribution in [0, 0.1) is 0 Å². The van der Waals surface area contributed by atoms with Gasteiger partial charge in [0, 0.05) is 13.0 Å². The van der Waals surface area contributed by atoms with Gasteiger partial charge >= 0.3 is 5.97 Å². The molecule has 1 saturated heterocycles. The first kappa shape index (κ1) is 31.2. The van der Waals surface area contributed by atoms with Crippen molar-refractivity contribution in [2.24, 2.45) is 4.99 Å². The van der Waals surface area contributed by atoms with Crippen molar-refractivity contribution in [1.29, 1.82) is 0 Å². The van der Waals surface area contributed by atoms with Crippen LogP contribution in [0.1, 0.15) is 91.4 Å². The number of thiocarbonyl (C=S) groups is 1. The molecule has 1 rings (SSSR count). The summed E-state index contributed by atoms with van der Waals surface area (Å²) in [5.74, 6) is 0.574. The monoisotopic (exact) mass is 457 g/mol. The maximum atomic E-state index is 9.87. The molecule has 0 saturated carbocycles. The topological polar surface area (TPSA) is 58.9 Å². The molecular weight excluding hydrogens is 414 g/mol. The Labute approximate surface area is 194 Å². The molecule has 1 fully saturated rings. The molecule has 2 unspecified atom stereocenters. The second kappa shape index (κ2) is 26.1. The molecule has 0 aromatic rings. The molecule has 1 aliphatic heterocycles. The molecule has 30 heavy (non-hydrogen) atoms. The van der Waals surface area contributed by atoms with Crippen LogP contribution < -0.4 is 0 Å². The summed E-state index contributed by atoms with van der Waals surface area (Å²) in [7, 11) is 0. The summed E-state index contributed by atoms with van der Waals surface area (Å²) < 4.78 is 5.95. The van der Waals surface area contributed by atoms with Gasteiger partial charge in [0.15, 0.2) is 0 Å². The van der Waals surface area contributed by atoms with Gasteiger partial charge in [0.05, 0.1) is 11.3 Å². The van der Waals surface area contributed by atoms with Crippen molar-refractivity contribution >= 4 is 35.1 Å². The lowest BCUT2D eigenvalue weighted by Gasteiger charge is -2.27. The minimum absolute atomic E-state index is 0.326. The van der Waals surface area contributed by atoms with Crippen LogP contribution in [0.2, 0.25) is 0 Å². The lowest BCUT2D eigenvalue weighted by atomic mass is 10.1. The Balaban J connectivity index is 0. The van der Waals surface area contributed by atoms with E-state index in [-0.39, 0.29) is 0 Å².